The molecule has 2 atom stereocenters. The summed E-state index contributed by atoms with van der Waals surface area (Å²) in [7, 11) is 0. The van der Waals surface area contributed by atoms with Crippen LogP contribution in [0.3, 0.4) is 0 Å². The highest BCUT2D eigenvalue weighted by Gasteiger charge is 2.16. The molecular weight excluding hydrogens is 258 g/mol. The van der Waals surface area contributed by atoms with E-state index in [0.29, 0.717) is 0 Å². The van der Waals surface area contributed by atoms with E-state index in [-0.39, 0.29) is 12.6 Å². The van der Waals surface area contributed by atoms with Gasteiger partial charge >= 0.3 is 12.0 Å². The van der Waals surface area contributed by atoms with Crippen molar-refractivity contribution in [3.8, 4) is 0 Å². The molecule has 0 aliphatic heterocycles. The molecule has 8 heteroatoms. The Morgan fingerprint density at radius 3 is 2.72 bits per heavy atom. The van der Waals surface area contributed by atoms with Crippen molar-refractivity contribution in [2.75, 3.05) is 6.54 Å². The van der Waals surface area contributed by atoms with Crippen LogP contribution in [0.15, 0.2) is 5.38 Å². The van der Waals surface area contributed by atoms with Crippen molar-refractivity contribution in [1.29, 1.82) is 0 Å². The van der Waals surface area contributed by atoms with Crippen LogP contribution in [-0.2, 0) is 4.79 Å². The summed E-state index contributed by atoms with van der Waals surface area (Å²) < 4.78 is 0. The molecule has 0 aromatic carbocycles. The number of carbonyl (C=O) groups excluding carboxylic acids is 1. The number of aliphatic hydroxyl groups excluding tert-OH is 1. The molecule has 1 aromatic heterocycles. The number of thiazole rings is 1. The molecule has 7 nitrogen and oxygen atoms in total. The smallest absolute Gasteiger partial charge is 0.334 e. The van der Waals surface area contributed by atoms with Gasteiger partial charge in [-0.05, 0) is 13.8 Å². The van der Waals surface area contributed by atoms with Crippen LogP contribution in [0.5, 0.6) is 0 Å². The maximum Gasteiger partial charge on any atom is 0.334 e. The zero-order chi connectivity index (χ0) is 13.7. The van der Waals surface area contributed by atoms with Crippen molar-refractivity contribution in [3.05, 3.63) is 16.1 Å². The van der Waals surface area contributed by atoms with Crippen LogP contribution >= 0.6 is 11.3 Å². The summed E-state index contributed by atoms with van der Waals surface area (Å²) >= 11 is 1.43. The van der Waals surface area contributed by atoms with E-state index in [9.17, 15) is 9.59 Å². The maximum atomic E-state index is 11.4. The molecule has 0 spiro atoms. The van der Waals surface area contributed by atoms with Gasteiger partial charge in [-0.2, -0.15) is 0 Å². The fraction of sp³-hybridized carbons (Fsp3) is 0.500. The normalized spacial score (nSPS) is 13.7. The number of urea groups is 1. The third-order valence-electron chi connectivity index (χ3n) is 2.10. The molecule has 1 aromatic rings. The molecule has 2 unspecified atom stereocenters. The monoisotopic (exact) mass is 273 g/mol. The fourth-order valence-corrected chi connectivity index (χ4v) is 1.96. The molecular formula is C10H15N3O4S. The molecule has 2 amide bonds. The van der Waals surface area contributed by atoms with Crippen LogP contribution in [0.4, 0.5) is 4.79 Å². The first-order valence-corrected chi connectivity index (χ1v) is 6.15. The largest absolute Gasteiger partial charge is 0.479 e. The lowest BCUT2D eigenvalue weighted by Gasteiger charge is -2.13. The summed E-state index contributed by atoms with van der Waals surface area (Å²) in [5.74, 6) is -1.38. The Morgan fingerprint density at radius 2 is 2.22 bits per heavy atom. The number of hydrogen-bond donors (Lipinski definition) is 4. The number of carboxylic acid groups (broad SMARTS) is 1. The number of aromatic nitrogens is 1. The van der Waals surface area contributed by atoms with Crippen molar-refractivity contribution in [1.82, 2.24) is 15.6 Å². The SMILES string of the molecule is Cc1csc(C(C)NC(=O)NCC(O)C(=O)O)n1. The van der Waals surface area contributed by atoms with E-state index in [1.807, 2.05) is 12.3 Å². The zero-order valence-electron chi connectivity index (χ0n) is 10.0. The van der Waals surface area contributed by atoms with E-state index < -0.39 is 18.1 Å². The van der Waals surface area contributed by atoms with Gasteiger partial charge in [-0.25, -0.2) is 14.6 Å². The zero-order valence-corrected chi connectivity index (χ0v) is 10.8. The highest BCUT2D eigenvalue weighted by Crippen LogP contribution is 2.16. The molecule has 4 N–H and O–H groups in total. The second kappa shape index (κ2) is 6.31. The van der Waals surface area contributed by atoms with Crippen LogP contribution in [0.1, 0.15) is 23.7 Å². The Labute approximate surface area is 108 Å². The molecule has 0 bridgehead atoms. The van der Waals surface area contributed by atoms with Gasteiger partial charge in [0.1, 0.15) is 5.01 Å². The summed E-state index contributed by atoms with van der Waals surface area (Å²) in [5.41, 5.74) is 0.880. The lowest BCUT2D eigenvalue weighted by molar-refractivity contribution is -0.146. The van der Waals surface area contributed by atoms with Crippen LogP contribution in [-0.4, -0.2) is 39.8 Å². The highest BCUT2D eigenvalue weighted by atomic mass is 32.1. The minimum absolute atomic E-state index is 0.273. The van der Waals surface area contributed by atoms with E-state index in [4.69, 9.17) is 10.2 Å². The number of carbonyl (C=O) groups is 2. The first kappa shape index (κ1) is 14.4. The van der Waals surface area contributed by atoms with Crippen molar-refractivity contribution >= 4 is 23.3 Å². The van der Waals surface area contributed by atoms with E-state index in [1.54, 1.807) is 6.92 Å². The summed E-state index contributed by atoms with van der Waals surface area (Å²) in [6.45, 7) is 3.28. The Bertz CT molecular complexity index is 435. The third-order valence-corrected chi connectivity index (χ3v) is 3.24. The number of hydrogen-bond acceptors (Lipinski definition) is 5. The number of aliphatic carboxylic acids is 1. The molecule has 1 heterocycles. The number of carboxylic acids is 1. The minimum Gasteiger partial charge on any atom is -0.479 e. The molecule has 18 heavy (non-hydrogen) atoms. The summed E-state index contributed by atoms with van der Waals surface area (Å²) in [5, 5.41) is 24.9. The number of nitrogens with one attached hydrogen (secondary N) is 2. The molecule has 100 valence electrons. The number of amides is 2. The van der Waals surface area contributed by atoms with Crippen LogP contribution in [0.25, 0.3) is 0 Å². The standard InChI is InChI=1S/C10H15N3O4S/c1-5-4-18-8(12-5)6(2)13-10(17)11-3-7(14)9(15)16/h4,6-7,14H,3H2,1-2H3,(H,15,16)(H2,11,13,17). The quantitative estimate of drug-likeness (QED) is 0.615. The van der Waals surface area contributed by atoms with E-state index in [1.165, 1.54) is 11.3 Å². The fourth-order valence-electron chi connectivity index (χ4n) is 1.16. The topological polar surface area (TPSA) is 112 Å². The van der Waals surface area contributed by atoms with Crippen molar-refractivity contribution in [3.63, 3.8) is 0 Å². The molecule has 1 rings (SSSR count). The van der Waals surface area contributed by atoms with Crippen LogP contribution < -0.4 is 10.6 Å². The van der Waals surface area contributed by atoms with Gasteiger partial charge in [-0.3, -0.25) is 0 Å². The van der Waals surface area contributed by atoms with Gasteiger partial charge in [0.25, 0.3) is 0 Å². The van der Waals surface area contributed by atoms with Gasteiger partial charge in [0, 0.05) is 11.1 Å². The molecule has 0 saturated heterocycles. The van der Waals surface area contributed by atoms with Crippen LogP contribution in [0.2, 0.25) is 0 Å². The van der Waals surface area contributed by atoms with E-state index in [2.05, 4.69) is 15.6 Å². The lowest BCUT2D eigenvalue weighted by Crippen LogP contribution is -2.42. The second-order valence-corrected chi connectivity index (χ2v) is 4.65. The predicted molar refractivity (Wildman–Crippen MR) is 65.4 cm³/mol. The second-order valence-electron chi connectivity index (χ2n) is 3.76. The minimum atomic E-state index is -1.60. The Kier molecular flexibility index (Phi) is 5.05. The summed E-state index contributed by atoms with van der Waals surface area (Å²) in [4.78, 5) is 26.0. The van der Waals surface area contributed by atoms with E-state index in [0.717, 1.165) is 10.7 Å². The van der Waals surface area contributed by atoms with Crippen molar-refractivity contribution in [2.45, 2.75) is 26.0 Å². The van der Waals surface area contributed by atoms with Crippen molar-refractivity contribution in [2.24, 2.45) is 0 Å². The van der Waals surface area contributed by atoms with Gasteiger partial charge in [0.05, 0.1) is 12.6 Å². The predicted octanol–water partition coefficient (Wildman–Crippen LogP) is 0.257. The molecule has 0 fully saturated rings. The van der Waals surface area contributed by atoms with Gasteiger partial charge in [-0.1, -0.05) is 0 Å². The van der Waals surface area contributed by atoms with Gasteiger partial charge < -0.3 is 20.8 Å². The van der Waals surface area contributed by atoms with Crippen LogP contribution in [0, 0.1) is 6.92 Å². The van der Waals surface area contributed by atoms with Gasteiger partial charge in [0.15, 0.2) is 6.10 Å². The first-order chi connectivity index (χ1) is 8.40. The Hall–Kier alpha value is -1.67. The van der Waals surface area contributed by atoms with Gasteiger partial charge in [0.2, 0.25) is 0 Å². The Balaban J connectivity index is 2.38. The summed E-state index contributed by atoms with van der Waals surface area (Å²) in [6, 6.07) is -0.818. The first-order valence-electron chi connectivity index (χ1n) is 5.27. The highest BCUT2D eigenvalue weighted by molar-refractivity contribution is 7.09. The molecule has 0 aliphatic rings. The van der Waals surface area contributed by atoms with E-state index >= 15 is 0 Å². The van der Waals surface area contributed by atoms with Crippen molar-refractivity contribution < 1.29 is 19.8 Å². The average molecular weight is 273 g/mol. The molecule has 0 radical (unpaired) electrons. The number of aliphatic hydroxyl groups is 1. The third kappa shape index (κ3) is 4.30. The number of rotatable bonds is 5. The maximum absolute atomic E-state index is 11.4. The van der Waals surface area contributed by atoms with Gasteiger partial charge in [-0.15, -0.1) is 11.3 Å². The lowest BCUT2D eigenvalue weighted by atomic mass is 10.3. The molecule has 0 saturated carbocycles. The average Bonchev–Trinajstić information content (AvgIpc) is 2.72. The Morgan fingerprint density at radius 1 is 1.56 bits per heavy atom. The molecule has 0 aliphatic carbocycles. The summed E-state index contributed by atoms with van der Waals surface area (Å²) in [6.07, 6.45) is -1.60. The number of aryl methyl sites for hydroxylation is 1. The number of nitrogens with zero attached hydrogens (tertiary/aromatic N) is 1.